The van der Waals surface area contributed by atoms with Crippen molar-refractivity contribution >= 4 is 0 Å². The van der Waals surface area contributed by atoms with Crippen LogP contribution in [-0.2, 0) is 6.54 Å². The van der Waals surface area contributed by atoms with E-state index in [2.05, 4.69) is 41.4 Å². The number of nitrogens with one attached hydrogen (secondary N) is 1. The lowest BCUT2D eigenvalue weighted by atomic mass is 10.2. The van der Waals surface area contributed by atoms with E-state index in [-0.39, 0.29) is 0 Å². The van der Waals surface area contributed by atoms with E-state index in [0.29, 0.717) is 6.04 Å². The highest BCUT2D eigenvalue weighted by Crippen LogP contribution is 2.21. The maximum Gasteiger partial charge on any atom is 0.134 e. The minimum absolute atomic E-state index is 0.693. The van der Waals surface area contributed by atoms with E-state index in [1.165, 1.54) is 19.4 Å². The molecule has 2 heterocycles. The molecule has 1 aromatic heterocycles. The minimum atomic E-state index is 0.693. The average Bonchev–Trinajstić information content (AvgIpc) is 3.17. The lowest BCUT2D eigenvalue weighted by molar-refractivity contribution is 0.258. The van der Waals surface area contributed by atoms with Gasteiger partial charge in [0.1, 0.15) is 11.5 Å². The Morgan fingerprint density at radius 2 is 2.05 bits per heavy atom. The third-order valence-corrected chi connectivity index (χ3v) is 4.30. The van der Waals surface area contributed by atoms with Crippen molar-refractivity contribution in [2.24, 2.45) is 0 Å². The summed E-state index contributed by atoms with van der Waals surface area (Å²) in [5, 5.41) is 3.54. The highest BCUT2D eigenvalue weighted by atomic mass is 16.3. The van der Waals surface area contributed by atoms with Crippen LogP contribution in [0.5, 0.6) is 0 Å². The third-order valence-electron chi connectivity index (χ3n) is 4.30. The Hall–Kier alpha value is -1.58. The number of hydrogen-bond acceptors (Lipinski definition) is 3. The van der Waals surface area contributed by atoms with Gasteiger partial charge in [-0.1, -0.05) is 37.3 Å². The number of likely N-dealkylation sites (tertiary alicyclic amines) is 1. The Kier molecular flexibility index (Phi) is 4.73. The number of hydrogen-bond donors (Lipinski definition) is 1. The monoisotopic (exact) mass is 284 g/mol. The fourth-order valence-electron chi connectivity index (χ4n) is 3.14. The van der Waals surface area contributed by atoms with Crippen LogP contribution in [0.3, 0.4) is 0 Å². The zero-order chi connectivity index (χ0) is 14.5. The molecule has 0 bridgehead atoms. The molecule has 1 N–H and O–H groups in total. The van der Waals surface area contributed by atoms with Crippen molar-refractivity contribution in [1.29, 1.82) is 0 Å². The average molecular weight is 284 g/mol. The summed E-state index contributed by atoms with van der Waals surface area (Å²) < 4.78 is 5.91. The van der Waals surface area contributed by atoms with Crippen LogP contribution in [0.2, 0.25) is 0 Å². The molecule has 3 nitrogen and oxygen atoms in total. The van der Waals surface area contributed by atoms with Crippen molar-refractivity contribution in [2.75, 3.05) is 19.6 Å². The molecule has 1 aromatic carbocycles. The molecule has 3 rings (SSSR count). The summed E-state index contributed by atoms with van der Waals surface area (Å²) in [4.78, 5) is 2.56. The molecule has 1 fully saturated rings. The van der Waals surface area contributed by atoms with Crippen LogP contribution in [0.1, 0.15) is 25.5 Å². The van der Waals surface area contributed by atoms with Gasteiger partial charge >= 0.3 is 0 Å². The quantitative estimate of drug-likeness (QED) is 0.879. The maximum absolute atomic E-state index is 5.91. The van der Waals surface area contributed by atoms with E-state index in [4.69, 9.17) is 4.42 Å². The van der Waals surface area contributed by atoms with Gasteiger partial charge in [0.2, 0.25) is 0 Å². The Bertz CT molecular complexity index is 549. The normalized spacial score (nSPS) is 19.2. The van der Waals surface area contributed by atoms with E-state index < -0.39 is 0 Å². The molecule has 0 radical (unpaired) electrons. The predicted molar refractivity (Wildman–Crippen MR) is 86.1 cm³/mol. The molecule has 0 saturated carbocycles. The highest BCUT2D eigenvalue weighted by molar-refractivity contribution is 5.57. The highest BCUT2D eigenvalue weighted by Gasteiger charge is 2.22. The van der Waals surface area contributed by atoms with Gasteiger partial charge < -0.3 is 9.73 Å². The fraction of sp³-hybridized carbons (Fsp3) is 0.444. The van der Waals surface area contributed by atoms with Crippen molar-refractivity contribution in [3.63, 3.8) is 0 Å². The van der Waals surface area contributed by atoms with Crippen molar-refractivity contribution in [2.45, 2.75) is 32.4 Å². The molecule has 2 aromatic rings. The van der Waals surface area contributed by atoms with E-state index in [0.717, 1.165) is 36.7 Å². The molecule has 0 spiro atoms. The zero-order valence-corrected chi connectivity index (χ0v) is 12.7. The molecule has 1 saturated heterocycles. The second-order valence-corrected chi connectivity index (χ2v) is 5.69. The largest absolute Gasteiger partial charge is 0.460 e. The number of nitrogens with zero attached hydrogens (tertiary/aromatic N) is 1. The van der Waals surface area contributed by atoms with E-state index in [9.17, 15) is 0 Å². The summed E-state index contributed by atoms with van der Waals surface area (Å²) in [5.74, 6) is 1.96. The summed E-state index contributed by atoms with van der Waals surface area (Å²) in [6, 6.07) is 15.1. The molecule has 3 heteroatoms. The van der Waals surface area contributed by atoms with Crippen LogP contribution < -0.4 is 5.32 Å². The van der Waals surface area contributed by atoms with Gasteiger partial charge in [-0.05, 0) is 38.1 Å². The predicted octanol–water partition coefficient (Wildman–Crippen LogP) is 3.52. The Balaban J connectivity index is 1.51. The van der Waals surface area contributed by atoms with Crippen LogP contribution in [0.4, 0.5) is 0 Å². The molecule has 0 unspecified atom stereocenters. The van der Waals surface area contributed by atoms with Crippen molar-refractivity contribution in [1.82, 2.24) is 10.2 Å². The minimum Gasteiger partial charge on any atom is -0.460 e. The molecular formula is C18H24N2O. The lowest BCUT2D eigenvalue weighted by Crippen LogP contribution is -2.37. The third kappa shape index (κ3) is 3.55. The van der Waals surface area contributed by atoms with Crippen molar-refractivity contribution in [3.8, 4) is 11.3 Å². The molecule has 112 valence electrons. The summed E-state index contributed by atoms with van der Waals surface area (Å²) in [7, 11) is 0. The smallest absolute Gasteiger partial charge is 0.134 e. The van der Waals surface area contributed by atoms with Crippen LogP contribution in [-0.4, -0.2) is 30.6 Å². The summed E-state index contributed by atoms with van der Waals surface area (Å²) in [5.41, 5.74) is 1.14. The summed E-state index contributed by atoms with van der Waals surface area (Å²) in [6.07, 6.45) is 2.65. The molecule has 0 aliphatic carbocycles. The van der Waals surface area contributed by atoms with Crippen LogP contribution in [0, 0.1) is 0 Å². The van der Waals surface area contributed by atoms with Crippen LogP contribution in [0.25, 0.3) is 11.3 Å². The SMILES string of the molecule is CCN1CCC[C@@H]1CNCc1ccc(-c2ccccc2)o1. The number of furan rings is 1. The molecule has 0 amide bonds. The van der Waals surface area contributed by atoms with Gasteiger partial charge in [0.25, 0.3) is 0 Å². The van der Waals surface area contributed by atoms with Gasteiger partial charge in [0, 0.05) is 18.2 Å². The summed E-state index contributed by atoms with van der Waals surface area (Å²) in [6.45, 7) is 6.51. The first-order valence-corrected chi connectivity index (χ1v) is 7.95. The molecular weight excluding hydrogens is 260 g/mol. The van der Waals surface area contributed by atoms with Gasteiger partial charge in [0.05, 0.1) is 6.54 Å². The molecule has 21 heavy (non-hydrogen) atoms. The second kappa shape index (κ2) is 6.92. The van der Waals surface area contributed by atoms with Gasteiger partial charge in [-0.25, -0.2) is 0 Å². The van der Waals surface area contributed by atoms with Crippen molar-refractivity contribution < 1.29 is 4.42 Å². The molecule has 1 aliphatic rings. The van der Waals surface area contributed by atoms with Crippen LogP contribution >= 0.6 is 0 Å². The summed E-state index contributed by atoms with van der Waals surface area (Å²) >= 11 is 0. The Morgan fingerprint density at radius 1 is 1.19 bits per heavy atom. The Labute approximate surface area is 127 Å². The first kappa shape index (κ1) is 14.4. The zero-order valence-electron chi connectivity index (χ0n) is 12.7. The molecule has 1 aliphatic heterocycles. The van der Waals surface area contributed by atoms with E-state index in [1.807, 2.05) is 18.2 Å². The van der Waals surface area contributed by atoms with Gasteiger partial charge in [-0.15, -0.1) is 0 Å². The lowest BCUT2D eigenvalue weighted by Gasteiger charge is -2.22. The topological polar surface area (TPSA) is 28.4 Å². The number of benzene rings is 1. The van der Waals surface area contributed by atoms with E-state index in [1.54, 1.807) is 0 Å². The molecule has 1 atom stereocenters. The van der Waals surface area contributed by atoms with Gasteiger partial charge in [0.15, 0.2) is 0 Å². The van der Waals surface area contributed by atoms with Crippen molar-refractivity contribution in [3.05, 3.63) is 48.2 Å². The van der Waals surface area contributed by atoms with Crippen LogP contribution in [0.15, 0.2) is 46.9 Å². The fourth-order valence-corrected chi connectivity index (χ4v) is 3.14. The first-order chi connectivity index (χ1) is 10.4. The number of likely N-dealkylation sites (N-methyl/N-ethyl adjacent to an activating group) is 1. The van der Waals surface area contributed by atoms with E-state index >= 15 is 0 Å². The van der Waals surface area contributed by atoms with Gasteiger partial charge in [-0.3, -0.25) is 4.90 Å². The number of rotatable bonds is 6. The van der Waals surface area contributed by atoms with Gasteiger partial charge in [-0.2, -0.15) is 0 Å². The Morgan fingerprint density at radius 3 is 2.86 bits per heavy atom. The first-order valence-electron chi connectivity index (χ1n) is 7.95. The standard InChI is InChI=1S/C18H24N2O/c1-2-20-12-6-9-16(20)13-19-14-17-10-11-18(21-17)15-7-4-3-5-8-15/h3-5,7-8,10-11,16,19H,2,6,9,12-14H2,1H3/t16-/m1/s1. The maximum atomic E-state index is 5.91. The second-order valence-electron chi connectivity index (χ2n) is 5.69.